The van der Waals surface area contributed by atoms with Crippen LogP contribution >= 0.6 is 23.2 Å². The fourth-order valence-electron chi connectivity index (χ4n) is 1.87. The van der Waals surface area contributed by atoms with Gasteiger partial charge in [0.05, 0.1) is 17.7 Å². The van der Waals surface area contributed by atoms with E-state index in [1.807, 2.05) is 0 Å². The lowest BCUT2D eigenvalue weighted by Crippen LogP contribution is -2.14. The maximum Gasteiger partial charge on any atom is 0.177 e. The molecule has 112 valence electrons. The van der Waals surface area contributed by atoms with Gasteiger partial charge in [-0.3, -0.25) is 0 Å². The number of ether oxygens (including phenoxy) is 1. The van der Waals surface area contributed by atoms with Gasteiger partial charge in [0.1, 0.15) is 5.69 Å². The van der Waals surface area contributed by atoms with Gasteiger partial charge in [-0.1, -0.05) is 23.2 Å². The number of nitrogens with zero attached hydrogens (tertiary/aromatic N) is 3. The number of anilines is 2. The number of benzene rings is 1. The number of nitrogens with two attached hydrogens (primary N) is 1. The molecule has 8 heteroatoms. The molecule has 0 saturated carbocycles. The molecule has 0 atom stereocenters. The molecular formula is C13H13Cl2FN4O. The Morgan fingerprint density at radius 3 is 2.43 bits per heavy atom. The standard InChI is InChI=1S/C13H13Cl2FN4O/c1-20(2)9-11(15)18-13(19-12(9)17)6-4-5-7(14)10(21-3)8(6)16/h4-5H,1-3H3,(H2,17,18,19). The lowest BCUT2D eigenvalue weighted by atomic mass is 10.2. The van der Waals surface area contributed by atoms with Crippen molar-refractivity contribution in [2.24, 2.45) is 0 Å². The van der Waals surface area contributed by atoms with E-state index < -0.39 is 5.82 Å². The second kappa shape index (κ2) is 5.91. The van der Waals surface area contributed by atoms with Crippen LogP contribution in [0.15, 0.2) is 12.1 Å². The summed E-state index contributed by atoms with van der Waals surface area (Å²) >= 11 is 11.9. The monoisotopic (exact) mass is 330 g/mol. The van der Waals surface area contributed by atoms with Gasteiger partial charge in [-0.2, -0.15) is 0 Å². The Bertz CT molecular complexity index is 671. The minimum Gasteiger partial charge on any atom is -0.492 e. The predicted molar refractivity (Wildman–Crippen MR) is 82.7 cm³/mol. The van der Waals surface area contributed by atoms with Crippen LogP contribution < -0.4 is 15.4 Å². The van der Waals surface area contributed by atoms with Gasteiger partial charge in [-0.05, 0) is 12.1 Å². The molecule has 0 aliphatic carbocycles. The molecule has 0 unspecified atom stereocenters. The van der Waals surface area contributed by atoms with Crippen molar-refractivity contribution < 1.29 is 9.13 Å². The molecule has 2 N–H and O–H groups in total. The molecule has 21 heavy (non-hydrogen) atoms. The highest BCUT2D eigenvalue weighted by Gasteiger charge is 2.19. The third kappa shape index (κ3) is 2.82. The molecule has 0 bridgehead atoms. The summed E-state index contributed by atoms with van der Waals surface area (Å²) < 4.78 is 19.3. The summed E-state index contributed by atoms with van der Waals surface area (Å²) in [5.41, 5.74) is 6.43. The average Bonchev–Trinajstić information content (AvgIpc) is 2.37. The maximum atomic E-state index is 14.4. The SMILES string of the molecule is COc1c(Cl)ccc(-c2nc(N)c(N(C)C)c(Cl)n2)c1F. The highest BCUT2D eigenvalue weighted by Crippen LogP contribution is 2.36. The Balaban J connectivity index is 2.64. The highest BCUT2D eigenvalue weighted by molar-refractivity contribution is 6.33. The molecule has 2 rings (SSSR count). The molecule has 1 aromatic heterocycles. The first-order valence-electron chi connectivity index (χ1n) is 5.89. The molecule has 2 aromatic rings. The predicted octanol–water partition coefficient (Wildman–Crippen LogP) is 3.25. The highest BCUT2D eigenvalue weighted by atomic mass is 35.5. The van der Waals surface area contributed by atoms with Crippen LogP contribution in [0, 0.1) is 5.82 Å². The Morgan fingerprint density at radius 2 is 1.90 bits per heavy atom. The van der Waals surface area contributed by atoms with E-state index in [-0.39, 0.29) is 33.1 Å². The number of rotatable bonds is 3. The molecule has 0 aliphatic heterocycles. The van der Waals surface area contributed by atoms with Crippen LogP contribution in [0.25, 0.3) is 11.4 Å². The van der Waals surface area contributed by atoms with Crippen molar-refractivity contribution in [3.63, 3.8) is 0 Å². The number of aromatic nitrogens is 2. The van der Waals surface area contributed by atoms with E-state index >= 15 is 0 Å². The molecule has 1 aromatic carbocycles. The van der Waals surface area contributed by atoms with E-state index in [1.165, 1.54) is 19.2 Å². The van der Waals surface area contributed by atoms with Gasteiger partial charge >= 0.3 is 0 Å². The van der Waals surface area contributed by atoms with Crippen molar-refractivity contribution in [3.05, 3.63) is 28.1 Å². The molecule has 0 spiro atoms. The van der Waals surface area contributed by atoms with E-state index in [4.69, 9.17) is 33.7 Å². The van der Waals surface area contributed by atoms with Crippen molar-refractivity contribution in [3.8, 4) is 17.1 Å². The summed E-state index contributed by atoms with van der Waals surface area (Å²) in [6.45, 7) is 0. The van der Waals surface area contributed by atoms with Crippen LogP contribution in [-0.2, 0) is 0 Å². The first-order chi connectivity index (χ1) is 9.86. The van der Waals surface area contributed by atoms with Gasteiger partial charge in [-0.15, -0.1) is 0 Å². The van der Waals surface area contributed by atoms with Gasteiger partial charge < -0.3 is 15.4 Å². The molecule has 0 fully saturated rings. The Hall–Kier alpha value is -1.79. The Labute approximate surface area is 131 Å². The lowest BCUT2D eigenvalue weighted by Gasteiger charge is -2.16. The van der Waals surface area contributed by atoms with Crippen LogP contribution in [0.1, 0.15) is 0 Å². The molecular weight excluding hydrogens is 318 g/mol. The Kier molecular flexibility index (Phi) is 4.39. The molecule has 0 radical (unpaired) electrons. The van der Waals surface area contributed by atoms with E-state index in [1.54, 1.807) is 19.0 Å². The minimum absolute atomic E-state index is 0.0653. The van der Waals surface area contributed by atoms with Gasteiger partial charge in [0, 0.05) is 14.1 Å². The Morgan fingerprint density at radius 1 is 1.24 bits per heavy atom. The molecule has 0 aliphatic rings. The van der Waals surface area contributed by atoms with Crippen LogP contribution in [0.5, 0.6) is 5.75 Å². The number of methoxy groups -OCH3 is 1. The van der Waals surface area contributed by atoms with Gasteiger partial charge in [0.2, 0.25) is 0 Å². The topological polar surface area (TPSA) is 64.3 Å². The summed E-state index contributed by atoms with van der Waals surface area (Å²) in [7, 11) is 4.84. The summed E-state index contributed by atoms with van der Waals surface area (Å²) in [6.07, 6.45) is 0. The summed E-state index contributed by atoms with van der Waals surface area (Å²) in [5.74, 6) is -0.527. The van der Waals surface area contributed by atoms with Crippen LogP contribution in [0.2, 0.25) is 10.2 Å². The third-order valence-electron chi connectivity index (χ3n) is 2.81. The van der Waals surface area contributed by atoms with Crippen molar-refractivity contribution in [2.45, 2.75) is 0 Å². The zero-order chi connectivity index (χ0) is 15.7. The zero-order valence-electron chi connectivity index (χ0n) is 11.6. The van der Waals surface area contributed by atoms with E-state index in [2.05, 4.69) is 9.97 Å². The molecule has 0 saturated heterocycles. The maximum absolute atomic E-state index is 14.4. The van der Waals surface area contributed by atoms with Gasteiger partial charge in [-0.25, -0.2) is 14.4 Å². The number of halogens is 3. The fraction of sp³-hybridized carbons (Fsp3) is 0.231. The zero-order valence-corrected chi connectivity index (χ0v) is 13.1. The average molecular weight is 331 g/mol. The summed E-state index contributed by atoms with van der Waals surface area (Å²) in [6, 6.07) is 2.94. The van der Waals surface area contributed by atoms with Crippen molar-refractivity contribution in [1.29, 1.82) is 0 Å². The van der Waals surface area contributed by atoms with Crippen LogP contribution in [0.3, 0.4) is 0 Å². The minimum atomic E-state index is -0.668. The normalized spacial score (nSPS) is 10.6. The summed E-state index contributed by atoms with van der Waals surface area (Å²) in [5, 5.41) is 0.290. The quantitative estimate of drug-likeness (QED) is 0.875. The number of hydrogen-bond acceptors (Lipinski definition) is 5. The first kappa shape index (κ1) is 15.6. The summed E-state index contributed by atoms with van der Waals surface area (Å²) in [4.78, 5) is 9.86. The largest absolute Gasteiger partial charge is 0.492 e. The first-order valence-corrected chi connectivity index (χ1v) is 6.65. The van der Waals surface area contributed by atoms with Crippen molar-refractivity contribution >= 4 is 34.7 Å². The van der Waals surface area contributed by atoms with E-state index in [9.17, 15) is 4.39 Å². The number of nitrogen functional groups attached to an aromatic ring is 1. The van der Waals surface area contributed by atoms with Gasteiger partial charge in [0.25, 0.3) is 0 Å². The second-order valence-corrected chi connectivity index (χ2v) is 5.17. The molecule has 0 amide bonds. The number of hydrogen-bond donors (Lipinski definition) is 1. The lowest BCUT2D eigenvalue weighted by molar-refractivity contribution is 0.387. The second-order valence-electron chi connectivity index (χ2n) is 4.41. The van der Waals surface area contributed by atoms with Crippen molar-refractivity contribution in [1.82, 2.24) is 9.97 Å². The smallest absolute Gasteiger partial charge is 0.177 e. The molecule has 5 nitrogen and oxygen atoms in total. The molecule has 1 heterocycles. The fourth-order valence-corrected chi connectivity index (χ4v) is 2.44. The van der Waals surface area contributed by atoms with E-state index in [0.29, 0.717) is 5.69 Å². The van der Waals surface area contributed by atoms with Crippen LogP contribution in [0.4, 0.5) is 15.9 Å². The van der Waals surface area contributed by atoms with Crippen molar-refractivity contribution in [2.75, 3.05) is 31.8 Å². The third-order valence-corrected chi connectivity index (χ3v) is 3.37. The van der Waals surface area contributed by atoms with Crippen LogP contribution in [-0.4, -0.2) is 31.2 Å². The van der Waals surface area contributed by atoms with Gasteiger partial charge in [0.15, 0.2) is 28.4 Å². The van der Waals surface area contributed by atoms with E-state index in [0.717, 1.165) is 0 Å².